The summed E-state index contributed by atoms with van der Waals surface area (Å²) in [7, 11) is -4.07. The quantitative estimate of drug-likeness (QED) is 0.389. The molecule has 0 radical (unpaired) electrons. The molecule has 1 N–H and O–H groups in total. The lowest BCUT2D eigenvalue weighted by Crippen LogP contribution is -2.40. The van der Waals surface area contributed by atoms with E-state index in [1.54, 1.807) is 25.1 Å². The number of hydrogen-bond donors (Lipinski definition) is 1. The standard InChI is InChI=1S/C20H17Cl2N3O3S2/c1-14(19-8-5-11-29-19)23-24-20(26)13-25(18-10-9-15(21)12-17(18)22)30(27,28)16-6-3-2-4-7-16/h2-12H,13H2,1H3,(H,24,26)/b23-14-. The second kappa shape index (κ2) is 9.61. The highest BCUT2D eigenvalue weighted by atomic mass is 35.5. The fourth-order valence-corrected chi connectivity index (χ4v) is 5.25. The average molecular weight is 482 g/mol. The number of amides is 1. The molecule has 0 aliphatic carbocycles. The number of nitrogens with one attached hydrogen (secondary N) is 1. The van der Waals surface area contributed by atoms with Crippen LogP contribution in [-0.4, -0.2) is 26.6 Å². The molecule has 6 nitrogen and oxygen atoms in total. The molecule has 0 spiro atoms. The Hall–Kier alpha value is -2.39. The third-order valence-corrected chi connectivity index (χ3v) is 7.31. The van der Waals surface area contributed by atoms with Gasteiger partial charge in [0.05, 0.1) is 21.3 Å². The van der Waals surface area contributed by atoms with Gasteiger partial charge in [-0.2, -0.15) is 5.10 Å². The molecule has 10 heteroatoms. The Bertz CT molecular complexity index is 1170. The minimum Gasteiger partial charge on any atom is -0.271 e. The fraction of sp³-hybridized carbons (Fsp3) is 0.100. The van der Waals surface area contributed by atoms with E-state index in [2.05, 4.69) is 10.5 Å². The minimum atomic E-state index is -4.07. The maximum atomic E-state index is 13.3. The molecule has 156 valence electrons. The van der Waals surface area contributed by atoms with Crippen LogP contribution in [0.3, 0.4) is 0 Å². The second-order valence-electron chi connectivity index (χ2n) is 6.13. The van der Waals surface area contributed by atoms with Gasteiger partial charge in [0.1, 0.15) is 6.54 Å². The molecule has 2 aromatic carbocycles. The van der Waals surface area contributed by atoms with E-state index in [9.17, 15) is 13.2 Å². The minimum absolute atomic E-state index is 0.0297. The van der Waals surface area contributed by atoms with Crippen LogP contribution in [0.4, 0.5) is 5.69 Å². The number of nitrogens with zero attached hydrogens (tertiary/aromatic N) is 2. The van der Waals surface area contributed by atoms with Gasteiger partial charge in [-0.15, -0.1) is 11.3 Å². The Morgan fingerprint density at radius 3 is 2.47 bits per heavy atom. The Morgan fingerprint density at radius 1 is 1.10 bits per heavy atom. The van der Waals surface area contributed by atoms with E-state index in [4.69, 9.17) is 23.2 Å². The van der Waals surface area contributed by atoms with Crippen molar-refractivity contribution < 1.29 is 13.2 Å². The zero-order valence-electron chi connectivity index (χ0n) is 15.7. The van der Waals surface area contributed by atoms with Crippen LogP contribution in [0.15, 0.2) is 76.0 Å². The van der Waals surface area contributed by atoms with E-state index in [0.29, 0.717) is 10.7 Å². The third-order valence-electron chi connectivity index (χ3n) is 4.02. The van der Waals surface area contributed by atoms with Crippen LogP contribution < -0.4 is 9.73 Å². The summed E-state index contributed by atoms with van der Waals surface area (Å²) in [6.07, 6.45) is 0. The van der Waals surface area contributed by atoms with E-state index in [0.717, 1.165) is 9.18 Å². The highest BCUT2D eigenvalue weighted by molar-refractivity contribution is 7.92. The highest BCUT2D eigenvalue weighted by Crippen LogP contribution is 2.32. The van der Waals surface area contributed by atoms with E-state index in [1.165, 1.54) is 41.7 Å². The van der Waals surface area contributed by atoms with E-state index in [-0.39, 0.29) is 15.6 Å². The van der Waals surface area contributed by atoms with Gasteiger partial charge in [-0.3, -0.25) is 9.10 Å². The maximum absolute atomic E-state index is 13.3. The first-order valence-electron chi connectivity index (χ1n) is 8.69. The van der Waals surface area contributed by atoms with E-state index in [1.807, 2.05) is 17.5 Å². The lowest BCUT2D eigenvalue weighted by molar-refractivity contribution is -0.119. The fourth-order valence-electron chi connectivity index (χ4n) is 2.55. The monoisotopic (exact) mass is 481 g/mol. The summed E-state index contributed by atoms with van der Waals surface area (Å²) in [4.78, 5) is 13.5. The lowest BCUT2D eigenvalue weighted by atomic mass is 10.3. The number of benzene rings is 2. The predicted octanol–water partition coefficient (Wildman–Crippen LogP) is 4.79. The zero-order chi connectivity index (χ0) is 21.7. The Kier molecular flexibility index (Phi) is 7.14. The van der Waals surface area contributed by atoms with Gasteiger partial charge < -0.3 is 0 Å². The summed E-state index contributed by atoms with van der Waals surface area (Å²) < 4.78 is 27.4. The molecule has 0 atom stereocenters. The topological polar surface area (TPSA) is 78.8 Å². The SMILES string of the molecule is C/C(=N/NC(=O)CN(c1ccc(Cl)cc1Cl)S(=O)(=O)c1ccccc1)c1cccs1. The van der Waals surface area contributed by atoms with Gasteiger partial charge in [-0.25, -0.2) is 13.8 Å². The summed E-state index contributed by atoms with van der Waals surface area (Å²) in [6.45, 7) is 1.24. The van der Waals surface area contributed by atoms with Crippen molar-refractivity contribution in [1.29, 1.82) is 0 Å². The second-order valence-corrected chi connectivity index (χ2v) is 9.78. The normalized spacial score (nSPS) is 11.9. The van der Waals surface area contributed by atoms with E-state index >= 15 is 0 Å². The van der Waals surface area contributed by atoms with Gasteiger partial charge >= 0.3 is 0 Å². The van der Waals surface area contributed by atoms with Gasteiger partial charge in [-0.05, 0) is 48.7 Å². The molecule has 0 fully saturated rings. The number of hydrogen-bond acceptors (Lipinski definition) is 5. The first kappa shape index (κ1) is 22.3. The number of carbonyl (C=O) groups excluding carboxylic acids is 1. The molecule has 0 unspecified atom stereocenters. The van der Waals surface area contributed by atoms with Gasteiger partial charge in [0, 0.05) is 9.90 Å². The largest absolute Gasteiger partial charge is 0.271 e. The molecule has 1 aromatic heterocycles. The Morgan fingerprint density at radius 2 is 1.83 bits per heavy atom. The molecule has 30 heavy (non-hydrogen) atoms. The molecule has 1 amide bonds. The number of hydrazone groups is 1. The molecule has 0 aliphatic heterocycles. The molecular weight excluding hydrogens is 465 g/mol. The maximum Gasteiger partial charge on any atom is 0.264 e. The summed E-state index contributed by atoms with van der Waals surface area (Å²) in [5.41, 5.74) is 3.16. The number of carbonyl (C=O) groups is 1. The Labute approximate surface area is 188 Å². The zero-order valence-corrected chi connectivity index (χ0v) is 18.9. The van der Waals surface area contributed by atoms with Crippen LogP contribution in [0.2, 0.25) is 10.0 Å². The van der Waals surface area contributed by atoms with Crippen molar-refractivity contribution in [3.63, 3.8) is 0 Å². The van der Waals surface area contributed by atoms with Crippen LogP contribution in [0.5, 0.6) is 0 Å². The van der Waals surface area contributed by atoms with Crippen molar-refractivity contribution in [3.8, 4) is 0 Å². The van der Waals surface area contributed by atoms with Crippen molar-refractivity contribution >= 4 is 61.9 Å². The van der Waals surface area contributed by atoms with Crippen molar-refractivity contribution in [3.05, 3.63) is 81.0 Å². The molecule has 3 rings (SSSR count). The number of anilines is 1. The summed E-state index contributed by atoms with van der Waals surface area (Å²) >= 11 is 13.7. The molecule has 1 heterocycles. The van der Waals surface area contributed by atoms with Crippen LogP contribution >= 0.6 is 34.5 Å². The number of halogens is 2. The van der Waals surface area contributed by atoms with Gasteiger partial charge in [0.2, 0.25) is 0 Å². The Balaban J connectivity index is 1.92. The summed E-state index contributed by atoms with van der Waals surface area (Å²) in [5, 5.41) is 6.41. The molecule has 0 saturated heterocycles. The van der Waals surface area contributed by atoms with Crippen molar-refractivity contribution in [2.75, 3.05) is 10.8 Å². The molecule has 0 bridgehead atoms. The van der Waals surface area contributed by atoms with Gasteiger partial charge in [0.15, 0.2) is 0 Å². The van der Waals surface area contributed by atoms with Gasteiger partial charge in [-0.1, -0.05) is 47.5 Å². The molecule has 3 aromatic rings. The molecular formula is C20H17Cl2N3O3S2. The first-order valence-corrected chi connectivity index (χ1v) is 11.8. The summed E-state index contributed by atoms with van der Waals surface area (Å²) in [6, 6.07) is 15.9. The van der Waals surface area contributed by atoms with Crippen LogP contribution in [0.25, 0.3) is 0 Å². The van der Waals surface area contributed by atoms with Gasteiger partial charge in [0.25, 0.3) is 15.9 Å². The highest BCUT2D eigenvalue weighted by Gasteiger charge is 2.28. The number of rotatable bonds is 7. The first-order chi connectivity index (χ1) is 14.3. The van der Waals surface area contributed by atoms with Crippen LogP contribution in [-0.2, 0) is 14.8 Å². The lowest BCUT2D eigenvalue weighted by Gasteiger charge is -2.24. The van der Waals surface area contributed by atoms with Crippen LogP contribution in [0.1, 0.15) is 11.8 Å². The predicted molar refractivity (Wildman–Crippen MR) is 122 cm³/mol. The number of thiophene rings is 1. The molecule has 0 saturated carbocycles. The van der Waals surface area contributed by atoms with Crippen molar-refractivity contribution in [1.82, 2.24) is 5.43 Å². The van der Waals surface area contributed by atoms with E-state index < -0.39 is 22.5 Å². The molecule has 0 aliphatic rings. The van der Waals surface area contributed by atoms with Crippen molar-refractivity contribution in [2.24, 2.45) is 5.10 Å². The van der Waals surface area contributed by atoms with Crippen molar-refractivity contribution in [2.45, 2.75) is 11.8 Å². The van der Waals surface area contributed by atoms with Crippen LogP contribution in [0, 0.1) is 0 Å². The number of sulfonamides is 1. The smallest absolute Gasteiger partial charge is 0.264 e. The third kappa shape index (κ3) is 5.20. The average Bonchev–Trinajstić information content (AvgIpc) is 3.26. The summed E-state index contributed by atoms with van der Waals surface area (Å²) in [5.74, 6) is -0.614.